The van der Waals surface area contributed by atoms with Crippen LogP contribution in [0.25, 0.3) is 0 Å². The van der Waals surface area contributed by atoms with Gasteiger partial charge in [0, 0.05) is 6.20 Å². The molecule has 1 aliphatic rings. The minimum Gasteiger partial charge on any atom is -0.260 e. The van der Waals surface area contributed by atoms with E-state index in [-0.39, 0.29) is 0 Å². The zero-order chi connectivity index (χ0) is 10.1. The van der Waals surface area contributed by atoms with Crippen LogP contribution in [0.5, 0.6) is 0 Å². The van der Waals surface area contributed by atoms with E-state index in [0.29, 0.717) is 5.92 Å². The first-order chi connectivity index (χ1) is 6.74. The Morgan fingerprint density at radius 2 is 2.36 bits per heavy atom. The van der Waals surface area contributed by atoms with E-state index >= 15 is 0 Å². The van der Waals surface area contributed by atoms with Crippen molar-refractivity contribution in [2.24, 2.45) is 0 Å². The average molecular weight is 186 g/mol. The standard InChI is InChI=1S/C12H14N2/c1-8-4-3-5-10-7-14-9(2)11(6-13)12(8)10/h7-8H,3-5H2,1-2H3/t8-/m0/s1. The smallest absolute Gasteiger partial charge is 0.101 e. The molecule has 72 valence electrons. The maximum absolute atomic E-state index is 9.10. The summed E-state index contributed by atoms with van der Waals surface area (Å²) in [4.78, 5) is 4.28. The summed E-state index contributed by atoms with van der Waals surface area (Å²) in [5, 5.41) is 9.10. The Morgan fingerprint density at radius 1 is 1.57 bits per heavy atom. The fraction of sp³-hybridized carbons (Fsp3) is 0.500. The zero-order valence-corrected chi connectivity index (χ0v) is 8.67. The molecule has 0 N–H and O–H groups in total. The molecule has 0 spiro atoms. The predicted octanol–water partition coefficient (Wildman–Crippen LogP) is 2.70. The van der Waals surface area contributed by atoms with Crippen LogP contribution in [-0.4, -0.2) is 4.98 Å². The monoisotopic (exact) mass is 186 g/mol. The van der Waals surface area contributed by atoms with Gasteiger partial charge in [0.15, 0.2) is 0 Å². The van der Waals surface area contributed by atoms with Gasteiger partial charge in [-0.3, -0.25) is 4.98 Å². The van der Waals surface area contributed by atoms with Gasteiger partial charge in [-0.2, -0.15) is 5.26 Å². The molecule has 1 aromatic rings. The Kier molecular flexibility index (Phi) is 2.25. The lowest BCUT2D eigenvalue weighted by Crippen LogP contribution is -2.11. The van der Waals surface area contributed by atoms with Gasteiger partial charge in [0.1, 0.15) is 6.07 Å². The van der Waals surface area contributed by atoms with Gasteiger partial charge in [0.25, 0.3) is 0 Å². The molecule has 0 aromatic carbocycles. The van der Waals surface area contributed by atoms with Gasteiger partial charge in [0.05, 0.1) is 11.3 Å². The van der Waals surface area contributed by atoms with E-state index in [2.05, 4.69) is 18.0 Å². The lowest BCUT2D eigenvalue weighted by Gasteiger charge is -2.23. The largest absolute Gasteiger partial charge is 0.260 e. The number of pyridine rings is 1. The number of aromatic nitrogens is 1. The van der Waals surface area contributed by atoms with Crippen molar-refractivity contribution in [1.29, 1.82) is 5.26 Å². The molecule has 0 aliphatic heterocycles. The Balaban J connectivity index is 2.65. The van der Waals surface area contributed by atoms with Crippen molar-refractivity contribution in [1.82, 2.24) is 4.98 Å². The molecule has 0 amide bonds. The molecular weight excluding hydrogens is 172 g/mol. The molecule has 0 unspecified atom stereocenters. The third kappa shape index (κ3) is 1.29. The lowest BCUT2D eigenvalue weighted by molar-refractivity contribution is 0.585. The first-order valence-corrected chi connectivity index (χ1v) is 5.12. The van der Waals surface area contributed by atoms with E-state index in [1.165, 1.54) is 24.0 Å². The summed E-state index contributed by atoms with van der Waals surface area (Å²) < 4.78 is 0. The number of aryl methyl sites for hydroxylation is 2. The Bertz CT molecular complexity index is 402. The van der Waals surface area contributed by atoms with Crippen molar-refractivity contribution >= 4 is 0 Å². The molecule has 0 radical (unpaired) electrons. The molecule has 14 heavy (non-hydrogen) atoms. The van der Waals surface area contributed by atoms with Crippen LogP contribution < -0.4 is 0 Å². The van der Waals surface area contributed by atoms with Crippen LogP contribution in [0, 0.1) is 18.3 Å². The molecule has 2 heteroatoms. The van der Waals surface area contributed by atoms with E-state index in [4.69, 9.17) is 5.26 Å². The fourth-order valence-corrected chi connectivity index (χ4v) is 2.31. The van der Waals surface area contributed by atoms with E-state index in [0.717, 1.165) is 17.7 Å². The first kappa shape index (κ1) is 9.21. The second kappa shape index (κ2) is 3.42. The summed E-state index contributed by atoms with van der Waals surface area (Å²) in [6.07, 6.45) is 5.46. The molecule has 1 aromatic heterocycles. The Hall–Kier alpha value is -1.36. The van der Waals surface area contributed by atoms with Gasteiger partial charge in [0.2, 0.25) is 0 Å². The summed E-state index contributed by atoms with van der Waals surface area (Å²) in [7, 11) is 0. The average Bonchev–Trinajstić information content (AvgIpc) is 2.19. The highest BCUT2D eigenvalue weighted by Crippen LogP contribution is 2.33. The van der Waals surface area contributed by atoms with Gasteiger partial charge in [-0.25, -0.2) is 0 Å². The van der Waals surface area contributed by atoms with Crippen molar-refractivity contribution in [3.05, 3.63) is 28.6 Å². The Labute approximate surface area is 84.6 Å². The summed E-state index contributed by atoms with van der Waals surface area (Å²) in [6, 6.07) is 2.29. The molecule has 1 aliphatic carbocycles. The summed E-state index contributed by atoms with van der Waals surface area (Å²) in [6.45, 7) is 4.12. The summed E-state index contributed by atoms with van der Waals surface area (Å²) in [5.41, 5.74) is 4.23. The Morgan fingerprint density at radius 3 is 3.07 bits per heavy atom. The van der Waals surface area contributed by atoms with Crippen LogP contribution >= 0.6 is 0 Å². The molecule has 1 heterocycles. The van der Waals surface area contributed by atoms with Crippen LogP contribution in [-0.2, 0) is 6.42 Å². The van der Waals surface area contributed by atoms with Gasteiger partial charge < -0.3 is 0 Å². The molecule has 0 saturated heterocycles. The second-order valence-corrected chi connectivity index (χ2v) is 4.06. The normalized spacial score (nSPS) is 19.9. The topological polar surface area (TPSA) is 36.7 Å². The van der Waals surface area contributed by atoms with Crippen molar-refractivity contribution in [2.45, 2.75) is 39.0 Å². The number of hydrogen-bond donors (Lipinski definition) is 0. The highest BCUT2D eigenvalue weighted by molar-refractivity contribution is 5.47. The molecule has 0 fully saturated rings. The highest BCUT2D eigenvalue weighted by Gasteiger charge is 2.21. The summed E-state index contributed by atoms with van der Waals surface area (Å²) in [5.74, 6) is 0.523. The van der Waals surface area contributed by atoms with Crippen molar-refractivity contribution in [3.63, 3.8) is 0 Å². The van der Waals surface area contributed by atoms with E-state index in [1.807, 2.05) is 13.1 Å². The van der Waals surface area contributed by atoms with E-state index in [1.54, 1.807) is 0 Å². The predicted molar refractivity (Wildman–Crippen MR) is 55.0 cm³/mol. The highest BCUT2D eigenvalue weighted by atomic mass is 14.7. The van der Waals surface area contributed by atoms with Crippen LogP contribution in [0.4, 0.5) is 0 Å². The molecule has 0 saturated carbocycles. The maximum atomic E-state index is 9.10. The SMILES string of the molecule is Cc1ncc2c(c1C#N)[C@@H](C)CCC2. The van der Waals surface area contributed by atoms with Crippen LogP contribution in [0.2, 0.25) is 0 Å². The van der Waals surface area contributed by atoms with Crippen LogP contribution in [0.1, 0.15) is 48.1 Å². The number of rotatable bonds is 0. The van der Waals surface area contributed by atoms with Crippen molar-refractivity contribution in [2.75, 3.05) is 0 Å². The van der Waals surface area contributed by atoms with Crippen LogP contribution in [0.15, 0.2) is 6.20 Å². The molecular formula is C12H14N2. The molecule has 0 bridgehead atoms. The third-order valence-electron chi connectivity index (χ3n) is 3.08. The summed E-state index contributed by atoms with van der Waals surface area (Å²) >= 11 is 0. The maximum Gasteiger partial charge on any atom is 0.101 e. The number of nitriles is 1. The molecule has 2 rings (SSSR count). The lowest BCUT2D eigenvalue weighted by atomic mass is 9.82. The minimum absolute atomic E-state index is 0.523. The number of nitrogens with zero attached hydrogens (tertiary/aromatic N) is 2. The second-order valence-electron chi connectivity index (χ2n) is 4.06. The van der Waals surface area contributed by atoms with Gasteiger partial charge in [-0.15, -0.1) is 0 Å². The van der Waals surface area contributed by atoms with Gasteiger partial charge in [-0.1, -0.05) is 6.92 Å². The molecule has 1 atom stereocenters. The third-order valence-corrected chi connectivity index (χ3v) is 3.08. The first-order valence-electron chi connectivity index (χ1n) is 5.12. The number of fused-ring (bicyclic) bond motifs is 1. The van der Waals surface area contributed by atoms with Crippen molar-refractivity contribution < 1.29 is 0 Å². The number of hydrogen-bond acceptors (Lipinski definition) is 2. The van der Waals surface area contributed by atoms with E-state index < -0.39 is 0 Å². The van der Waals surface area contributed by atoms with Crippen molar-refractivity contribution in [3.8, 4) is 6.07 Å². The van der Waals surface area contributed by atoms with E-state index in [9.17, 15) is 0 Å². The molecule has 2 nitrogen and oxygen atoms in total. The zero-order valence-electron chi connectivity index (χ0n) is 8.67. The fourth-order valence-electron chi connectivity index (χ4n) is 2.31. The van der Waals surface area contributed by atoms with Gasteiger partial charge in [-0.05, 0) is 43.2 Å². The van der Waals surface area contributed by atoms with Crippen LogP contribution in [0.3, 0.4) is 0 Å². The van der Waals surface area contributed by atoms with Gasteiger partial charge >= 0.3 is 0 Å². The minimum atomic E-state index is 0.523. The quantitative estimate of drug-likeness (QED) is 0.624.